The summed E-state index contributed by atoms with van der Waals surface area (Å²) in [6.07, 6.45) is 0.0117. The van der Waals surface area contributed by atoms with Crippen LogP contribution in [-0.4, -0.2) is 57.2 Å². The van der Waals surface area contributed by atoms with E-state index in [9.17, 15) is 19.2 Å². The fourth-order valence-corrected chi connectivity index (χ4v) is 1.58. The SMILES string of the molecule is COC(=O)CC[C@@H](NC(=O)CC[C@H](N)C(=O)OC)C(=O)OC. The molecule has 0 aromatic rings. The van der Waals surface area contributed by atoms with Crippen LogP contribution in [0, 0.1) is 0 Å². The Morgan fingerprint density at radius 2 is 1.50 bits per heavy atom. The van der Waals surface area contributed by atoms with Gasteiger partial charge in [-0.25, -0.2) is 4.79 Å². The molecule has 0 aliphatic rings. The molecule has 0 bridgehead atoms. The topological polar surface area (TPSA) is 134 Å². The van der Waals surface area contributed by atoms with Crippen molar-refractivity contribution < 1.29 is 33.4 Å². The molecular formula is C13H22N2O7. The second-order valence-corrected chi connectivity index (χ2v) is 4.43. The molecule has 1 amide bonds. The third-order valence-electron chi connectivity index (χ3n) is 2.87. The first-order chi connectivity index (χ1) is 10.3. The van der Waals surface area contributed by atoms with Crippen molar-refractivity contribution in [2.75, 3.05) is 21.3 Å². The predicted molar refractivity (Wildman–Crippen MR) is 74.4 cm³/mol. The fraction of sp³-hybridized carbons (Fsp3) is 0.692. The number of rotatable bonds is 9. The Labute approximate surface area is 128 Å². The van der Waals surface area contributed by atoms with Crippen LogP contribution in [0.4, 0.5) is 0 Å². The summed E-state index contributed by atoms with van der Waals surface area (Å²) in [7, 11) is 3.59. The van der Waals surface area contributed by atoms with Crippen LogP contribution in [0.15, 0.2) is 0 Å². The molecular weight excluding hydrogens is 296 g/mol. The number of amides is 1. The second kappa shape index (κ2) is 10.6. The molecule has 9 heteroatoms. The molecule has 0 heterocycles. The van der Waals surface area contributed by atoms with E-state index in [0.29, 0.717) is 0 Å². The van der Waals surface area contributed by atoms with E-state index in [1.807, 2.05) is 0 Å². The Bertz CT molecular complexity index is 411. The van der Waals surface area contributed by atoms with Crippen molar-refractivity contribution in [3.05, 3.63) is 0 Å². The molecule has 22 heavy (non-hydrogen) atoms. The molecule has 126 valence electrons. The number of hydrogen-bond acceptors (Lipinski definition) is 8. The zero-order chi connectivity index (χ0) is 17.1. The lowest BCUT2D eigenvalue weighted by atomic mass is 10.1. The van der Waals surface area contributed by atoms with Crippen LogP contribution in [0.25, 0.3) is 0 Å². The first-order valence-electron chi connectivity index (χ1n) is 6.63. The highest BCUT2D eigenvalue weighted by Gasteiger charge is 2.23. The summed E-state index contributed by atoms with van der Waals surface area (Å²) in [4.78, 5) is 45.5. The second-order valence-electron chi connectivity index (χ2n) is 4.43. The third kappa shape index (κ3) is 7.58. The molecule has 0 fully saturated rings. The van der Waals surface area contributed by atoms with E-state index < -0.39 is 35.9 Å². The summed E-state index contributed by atoms with van der Waals surface area (Å²) < 4.78 is 13.5. The molecule has 0 radical (unpaired) electrons. The summed E-state index contributed by atoms with van der Waals surface area (Å²) in [5, 5.41) is 2.43. The maximum Gasteiger partial charge on any atom is 0.328 e. The van der Waals surface area contributed by atoms with Gasteiger partial charge in [0.25, 0.3) is 0 Å². The van der Waals surface area contributed by atoms with E-state index in [0.717, 1.165) is 0 Å². The van der Waals surface area contributed by atoms with E-state index in [4.69, 9.17) is 5.73 Å². The Kier molecular flexibility index (Phi) is 9.51. The number of carbonyl (C=O) groups is 4. The van der Waals surface area contributed by atoms with Crippen molar-refractivity contribution in [1.29, 1.82) is 0 Å². The van der Waals surface area contributed by atoms with Crippen molar-refractivity contribution in [3.63, 3.8) is 0 Å². The van der Waals surface area contributed by atoms with E-state index in [1.165, 1.54) is 21.3 Å². The Hall–Kier alpha value is -2.16. The summed E-state index contributed by atoms with van der Waals surface area (Å²) in [6, 6.07) is -1.88. The van der Waals surface area contributed by atoms with Gasteiger partial charge >= 0.3 is 17.9 Å². The number of nitrogens with one attached hydrogen (secondary N) is 1. The van der Waals surface area contributed by atoms with Crippen LogP contribution < -0.4 is 11.1 Å². The first-order valence-corrected chi connectivity index (χ1v) is 6.63. The maximum atomic E-state index is 11.8. The minimum Gasteiger partial charge on any atom is -0.469 e. The Morgan fingerprint density at radius 3 is 2.00 bits per heavy atom. The van der Waals surface area contributed by atoms with Crippen LogP contribution in [-0.2, 0) is 33.4 Å². The molecule has 0 saturated heterocycles. The standard InChI is InChI=1S/C13H22N2O7/c1-20-11(17)7-5-9(13(19)22-3)15-10(16)6-4-8(14)12(18)21-2/h8-9H,4-7,14H2,1-3H3,(H,15,16)/t8-,9+/m0/s1. The number of carbonyl (C=O) groups excluding carboxylic acids is 4. The monoisotopic (exact) mass is 318 g/mol. The Morgan fingerprint density at radius 1 is 0.909 bits per heavy atom. The van der Waals surface area contributed by atoms with Crippen molar-refractivity contribution in [3.8, 4) is 0 Å². The minimum absolute atomic E-state index is 0.0434. The van der Waals surface area contributed by atoms with Gasteiger partial charge in [0, 0.05) is 12.8 Å². The van der Waals surface area contributed by atoms with Crippen LogP contribution in [0.1, 0.15) is 25.7 Å². The highest BCUT2D eigenvalue weighted by Crippen LogP contribution is 2.03. The highest BCUT2D eigenvalue weighted by molar-refractivity contribution is 5.85. The van der Waals surface area contributed by atoms with Gasteiger partial charge in [-0.05, 0) is 12.8 Å². The molecule has 0 saturated carbocycles. The van der Waals surface area contributed by atoms with Gasteiger partial charge in [-0.2, -0.15) is 0 Å². The molecule has 0 aliphatic carbocycles. The van der Waals surface area contributed by atoms with Crippen molar-refractivity contribution in [2.24, 2.45) is 5.73 Å². The average molecular weight is 318 g/mol. The minimum atomic E-state index is -0.967. The molecule has 0 aliphatic heterocycles. The third-order valence-corrected chi connectivity index (χ3v) is 2.87. The molecule has 0 rings (SSSR count). The van der Waals surface area contributed by atoms with E-state index in [2.05, 4.69) is 19.5 Å². The molecule has 2 atom stereocenters. The molecule has 0 unspecified atom stereocenters. The largest absolute Gasteiger partial charge is 0.469 e. The summed E-state index contributed by atoms with van der Waals surface area (Å²) in [6.45, 7) is 0. The number of ether oxygens (including phenoxy) is 3. The van der Waals surface area contributed by atoms with Gasteiger partial charge in [0.05, 0.1) is 21.3 Å². The van der Waals surface area contributed by atoms with E-state index in [-0.39, 0.29) is 25.7 Å². The smallest absolute Gasteiger partial charge is 0.328 e. The summed E-state index contributed by atoms with van der Waals surface area (Å²) in [5.74, 6) is -2.28. The maximum absolute atomic E-state index is 11.8. The van der Waals surface area contributed by atoms with Gasteiger partial charge in [0.2, 0.25) is 5.91 Å². The van der Waals surface area contributed by atoms with Gasteiger partial charge in [-0.1, -0.05) is 0 Å². The van der Waals surface area contributed by atoms with E-state index in [1.54, 1.807) is 0 Å². The Balaban J connectivity index is 4.40. The number of nitrogens with two attached hydrogens (primary N) is 1. The van der Waals surface area contributed by atoms with Crippen molar-refractivity contribution in [2.45, 2.75) is 37.8 Å². The number of hydrogen-bond donors (Lipinski definition) is 2. The normalized spacial score (nSPS) is 12.7. The fourth-order valence-electron chi connectivity index (χ4n) is 1.58. The lowest BCUT2D eigenvalue weighted by Crippen LogP contribution is -2.42. The van der Waals surface area contributed by atoms with Gasteiger partial charge in [0.15, 0.2) is 0 Å². The van der Waals surface area contributed by atoms with Crippen molar-refractivity contribution in [1.82, 2.24) is 5.32 Å². The predicted octanol–water partition coefficient (Wildman–Crippen LogP) is -1.12. The molecule has 9 nitrogen and oxygen atoms in total. The van der Waals surface area contributed by atoms with Crippen LogP contribution in [0.5, 0.6) is 0 Å². The van der Waals surface area contributed by atoms with E-state index >= 15 is 0 Å². The van der Waals surface area contributed by atoms with Gasteiger partial charge in [0.1, 0.15) is 12.1 Å². The molecule has 0 aromatic carbocycles. The van der Waals surface area contributed by atoms with Crippen LogP contribution in [0.2, 0.25) is 0 Å². The van der Waals surface area contributed by atoms with Gasteiger partial charge < -0.3 is 25.3 Å². The molecule has 0 aromatic heterocycles. The van der Waals surface area contributed by atoms with Gasteiger partial charge in [-0.15, -0.1) is 0 Å². The number of esters is 3. The highest BCUT2D eigenvalue weighted by atomic mass is 16.5. The summed E-state index contributed by atoms with van der Waals surface area (Å²) >= 11 is 0. The first kappa shape index (κ1) is 19.8. The summed E-state index contributed by atoms with van der Waals surface area (Å²) in [5.41, 5.74) is 5.50. The van der Waals surface area contributed by atoms with Gasteiger partial charge in [-0.3, -0.25) is 14.4 Å². The molecule has 3 N–H and O–H groups in total. The van der Waals surface area contributed by atoms with Crippen LogP contribution in [0.3, 0.4) is 0 Å². The number of methoxy groups -OCH3 is 3. The zero-order valence-electron chi connectivity index (χ0n) is 12.9. The lowest BCUT2D eigenvalue weighted by Gasteiger charge is -2.16. The average Bonchev–Trinajstić information content (AvgIpc) is 2.54. The molecule has 0 spiro atoms. The van der Waals surface area contributed by atoms with Crippen molar-refractivity contribution >= 4 is 23.8 Å². The lowest BCUT2D eigenvalue weighted by molar-refractivity contribution is -0.147. The quantitative estimate of drug-likeness (QED) is 0.403. The zero-order valence-corrected chi connectivity index (χ0v) is 12.9. The van der Waals surface area contributed by atoms with Crippen LogP contribution >= 0.6 is 0 Å².